The molecule has 4 rings (SSSR count). The molecule has 0 unspecified atom stereocenters. The predicted octanol–water partition coefficient (Wildman–Crippen LogP) is 5.17. The molecule has 37 heavy (non-hydrogen) atoms. The smallest absolute Gasteiger partial charge is 0.338 e. The van der Waals surface area contributed by atoms with E-state index in [1.54, 1.807) is 80.6 Å². The van der Waals surface area contributed by atoms with Crippen LogP contribution in [0.25, 0.3) is 0 Å². The lowest BCUT2D eigenvalue weighted by atomic mass is 10.1. The molecule has 1 aliphatic heterocycles. The lowest BCUT2D eigenvalue weighted by Gasteiger charge is -2.16. The average molecular weight is 518 g/mol. The molecule has 0 bridgehead atoms. The number of nitrogens with zero attached hydrogens (tertiary/aromatic N) is 1. The maximum absolute atomic E-state index is 13.1. The summed E-state index contributed by atoms with van der Waals surface area (Å²) in [5.41, 5.74) is 3.70. The van der Waals surface area contributed by atoms with E-state index in [0.29, 0.717) is 28.2 Å². The minimum absolute atomic E-state index is 0.0672. The van der Waals surface area contributed by atoms with E-state index >= 15 is 0 Å². The zero-order chi connectivity index (χ0) is 26.7. The quantitative estimate of drug-likeness (QED) is 0.331. The minimum Gasteiger partial charge on any atom is -0.462 e. The first kappa shape index (κ1) is 25.7. The number of nitrogens with one attached hydrogen (secondary N) is 2. The van der Waals surface area contributed by atoms with Gasteiger partial charge >= 0.3 is 5.97 Å². The molecule has 3 aromatic rings. The molecule has 188 valence electrons. The summed E-state index contributed by atoms with van der Waals surface area (Å²) in [7, 11) is 0. The van der Waals surface area contributed by atoms with E-state index in [0.717, 1.165) is 16.0 Å². The molecule has 8 nitrogen and oxygen atoms in total. The zero-order valence-corrected chi connectivity index (χ0v) is 21.2. The number of anilines is 3. The number of carbonyl (C=O) groups excluding carboxylic acids is 4. The Labute approximate surface area is 218 Å². The molecular formula is C28H24ClN3O5. The van der Waals surface area contributed by atoms with Crippen LogP contribution in [0.1, 0.15) is 38.8 Å². The summed E-state index contributed by atoms with van der Waals surface area (Å²) in [6, 6.07) is 18.2. The van der Waals surface area contributed by atoms with Gasteiger partial charge in [0.1, 0.15) is 10.7 Å². The third kappa shape index (κ3) is 5.39. The first-order valence-electron chi connectivity index (χ1n) is 11.5. The highest BCUT2D eigenvalue weighted by molar-refractivity contribution is 6.53. The van der Waals surface area contributed by atoms with Crippen LogP contribution in [-0.4, -0.2) is 30.3 Å². The molecule has 0 saturated carbocycles. The van der Waals surface area contributed by atoms with Crippen LogP contribution in [0.15, 0.2) is 77.5 Å². The van der Waals surface area contributed by atoms with Crippen molar-refractivity contribution in [2.24, 2.45) is 0 Å². The Morgan fingerprint density at radius 2 is 1.54 bits per heavy atom. The Hall–Kier alpha value is -4.43. The van der Waals surface area contributed by atoms with Crippen LogP contribution in [0.2, 0.25) is 0 Å². The van der Waals surface area contributed by atoms with Crippen LogP contribution in [0.4, 0.5) is 17.1 Å². The second-order valence-electron chi connectivity index (χ2n) is 8.38. The second-order valence-corrected chi connectivity index (χ2v) is 8.75. The first-order chi connectivity index (χ1) is 17.7. The number of hydrogen-bond donors (Lipinski definition) is 2. The maximum Gasteiger partial charge on any atom is 0.338 e. The van der Waals surface area contributed by atoms with Crippen molar-refractivity contribution in [3.05, 3.63) is 99.7 Å². The fraction of sp³-hybridized carbons (Fsp3) is 0.143. The highest BCUT2D eigenvalue weighted by Crippen LogP contribution is 2.31. The summed E-state index contributed by atoms with van der Waals surface area (Å²) in [5.74, 6) is -2.06. The number of halogens is 1. The maximum atomic E-state index is 13.1. The average Bonchev–Trinajstić information content (AvgIpc) is 3.09. The standard InChI is InChI=1S/C28H24ClN3O5/c1-4-37-28(36)18-9-11-20(12-10-18)30-25(33)19-8-7-17(3)22(15-19)31-24-23(29)26(34)32(27(24)35)21-13-5-16(2)6-14-21/h5-15,31H,4H2,1-3H3,(H,30,33). The minimum atomic E-state index is -0.629. The molecular weight excluding hydrogens is 494 g/mol. The van der Waals surface area contributed by atoms with Gasteiger partial charge in [0.05, 0.1) is 17.9 Å². The van der Waals surface area contributed by atoms with E-state index in [2.05, 4.69) is 10.6 Å². The van der Waals surface area contributed by atoms with Gasteiger partial charge in [-0.1, -0.05) is 35.4 Å². The largest absolute Gasteiger partial charge is 0.462 e. The summed E-state index contributed by atoms with van der Waals surface area (Å²) < 4.78 is 4.96. The van der Waals surface area contributed by atoms with Crippen molar-refractivity contribution in [1.29, 1.82) is 0 Å². The van der Waals surface area contributed by atoms with Crippen LogP contribution in [0.3, 0.4) is 0 Å². The third-order valence-corrected chi connectivity index (χ3v) is 6.08. The van der Waals surface area contributed by atoms with Crippen LogP contribution in [0.5, 0.6) is 0 Å². The van der Waals surface area contributed by atoms with Gasteiger partial charge in [-0.3, -0.25) is 14.4 Å². The fourth-order valence-electron chi connectivity index (χ4n) is 3.68. The van der Waals surface area contributed by atoms with Crippen LogP contribution < -0.4 is 15.5 Å². The molecule has 0 atom stereocenters. The molecule has 0 radical (unpaired) electrons. The molecule has 1 heterocycles. The number of esters is 1. The van der Waals surface area contributed by atoms with E-state index in [-0.39, 0.29) is 17.3 Å². The van der Waals surface area contributed by atoms with Gasteiger partial charge in [0.15, 0.2) is 0 Å². The molecule has 2 N–H and O–H groups in total. The van der Waals surface area contributed by atoms with Crippen molar-refractivity contribution in [2.45, 2.75) is 20.8 Å². The summed E-state index contributed by atoms with van der Waals surface area (Å²) in [5, 5.41) is 5.48. The van der Waals surface area contributed by atoms with E-state index < -0.39 is 23.7 Å². The highest BCUT2D eigenvalue weighted by Gasteiger charge is 2.39. The Kier molecular flexibility index (Phi) is 7.40. The van der Waals surface area contributed by atoms with Crippen molar-refractivity contribution < 1.29 is 23.9 Å². The van der Waals surface area contributed by atoms with Gasteiger partial charge in [0, 0.05) is 16.9 Å². The summed E-state index contributed by atoms with van der Waals surface area (Å²) in [4.78, 5) is 51.5. The molecule has 3 aromatic carbocycles. The van der Waals surface area contributed by atoms with Crippen molar-refractivity contribution >= 4 is 52.4 Å². The van der Waals surface area contributed by atoms with Crippen LogP contribution >= 0.6 is 11.6 Å². The Balaban J connectivity index is 1.51. The lowest BCUT2D eigenvalue weighted by Crippen LogP contribution is -2.32. The van der Waals surface area contributed by atoms with Crippen molar-refractivity contribution in [3.63, 3.8) is 0 Å². The molecule has 0 saturated heterocycles. The van der Waals surface area contributed by atoms with Gasteiger partial charge in [-0.15, -0.1) is 0 Å². The third-order valence-electron chi connectivity index (χ3n) is 5.73. The number of rotatable bonds is 7. The van der Waals surface area contributed by atoms with E-state index in [4.69, 9.17) is 16.3 Å². The lowest BCUT2D eigenvalue weighted by molar-refractivity contribution is -0.120. The SMILES string of the molecule is CCOC(=O)c1ccc(NC(=O)c2ccc(C)c(NC3=C(Cl)C(=O)N(c4ccc(C)cc4)C3=O)c2)cc1. The van der Waals surface area contributed by atoms with Crippen molar-refractivity contribution in [1.82, 2.24) is 0 Å². The molecule has 1 aliphatic rings. The molecule has 0 fully saturated rings. The first-order valence-corrected chi connectivity index (χ1v) is 11.9. The molecule has 0 spiro atoms. The Morgan fingerprint density at radius 1 is 0.892 bits per heavy atom. The summed E-state index contributed by atoms with van der Waals surface area (Å²) in [6.45, 7) is 5.70. The topological polar surface area (TPSA) is 105 Å². The Morgan fingerprint density at radius 3 is 2.19 bits per heavy atom. The van der Waals surface area contributed by atoms with Gasteiger partial charge in [-0.25, -0.2) is 9.69 Å². The van der Waals surface area contributed by atoms with E-state index in [1.165, 1.54) is 0 Å². The van der Waals surface area contributed by atoms with Crippen molar-refractivity contribution in [2.75, 3.05) is 22.1 Å². The molecule has 9 heteroatoms. The van der Waals surface area contributed by atoms with Gasteiger partial charge in [0.2, 0.25) is 0 Å². The fourth-order valence-corrected chi connectivity index (χ4v) is 3.89. The normalized spacial score (nSPS) is 13.1. The number of carbonyl (C=O) groups is 4. The van der Waals surface area contributed by atoms with Crippen molar-refractivity contribution in [3.8, 4) is 0 Å². The number of amides is 3. The number of benzene rings is 3. The molecule has 0 aliphatic carbocycles. The molecule has 3 amide bonds. The highest BCUT2D eigenvalue weighted by atomic mass is 35.5. The number of imide groups is 1. The van der Waals surface area contributed by atoms with Gasteiger partial charge in [-0.2, -0.15) is 0 Å². The van der Waals surface area contributed by atoms with Gasteiger partial charge in [0.25, 0.3) is 17.7 Å². The predicted molar refractivity (Wildman–Crippen MR) is 142 cm³/mol. The number of ether oxygens (including phenoxy) is 1. The van der Waals surface area contributed by atoms with Crippen LogP contribution in [0, 0.1) is 13.8 Å². The van der Waals surface area contributed by atoms with E-state index in [9.17, 15) is 19.2 Å². The number of hydrogen-bond acceptors (Lipinski definition) is 6. The second kappa shape index (κ2) is 10.7. The number of aryl methyl sites for hydroxylation is 2. The van der Waals surface area contributed by atoms with Gasteiger partial charge < -0.3 is 15.4 Å². The van der Waals surface area contributed by atoms with E-state index in [1.807, 2.05) is 6.92 Å². The summed E-state index contributed by atoms with van der Waals surface area (Å²) in [6.07, 6.45) is 0. The molecule has 0 aromatic heterocycles. The van der Waals surface area contributed by atoms with Gasteiger partial charge in [-0.05, 0) is 74.9 Å². The summed E-state index contributed by atoms with van der Waals surface area (Å²) >= 11 is 6.26. The monoisotopic (exact) mass is 517 g/mol. The van der Waals surface area contributed by atoms with Crippen LogP contribution in [-0.2, 0) is 14.3 Å². The Bertz CT molecular complexity index is 1430. The zero-order valence-electron chi connectivity index (χ0n) is 20.4.